The van der Waals surface area contributed by atoms with Crippen LogP contribution in [0.15, 0.2) is 60.7 Å². The Kier molecular flexibility index (Phi) is 5.91. The molecule has 0 aliphatic carbocycles. The number of aromatic nitrogens is 1. The zero-order chi connectivity index (χ0) is 19.2. The van der Waals surface area contributed by atoms with Crippen LogP contribution in [0.25, 0.3) is 22.2 Å². The van der Waals surface area contributed by atoms with E-state index in [1.807, 2.05) is 66.9 Å². The van der Waals surface area contributed by atoms with Crippen molar-refractivity contribution in [2.45, 2.75) is 20.4 Å². The van der Waals surface area contributed by atoms with Crippen molar-refractivity contribution in [2.24, 2.45) is 5.92 Å². The molecule has 2 N–H and O–H groups in total. The molecule has 0 aliphatic rings. The first-order valence-corrected chi connectivity index (χ1v) is 9.24. The van der Waals surface area contributed by atoms with Gasteiger partial charge in [0.1, 0.15) is 6.54 Å². The van der Waals surface area contributed by atoms with Crippen molar-refractivity contribution in [1.29, 1.82) is 0 Å². The lowest BCUT2D eigenvalue weighted by molar-refractivity contribution is -0.124. The van der Waals surface area contributed by atoms with Crippen LogP contribution in [-0.4, -0.2) is 29.5 Å². The summed E-state index contributed by atoms with van der Waals surface area (Å²) in [5.74, 6) is -0.139. The lowest BCUT2D eigenvalue weighted by Crippen LogP contribution is -2.37. The number of carbonyl (C=O) groups excluding carboxylic acids is 2. The number of nitrogens with one attached hydrogen (secondary N) is 2. The zero-order valence-electron chi connectivity index (χ0n) is 15.7. The van der Waals surface area contributed by atoms with Gasteiger partial charge in [-0.2, -0.15) is 0 Å². The highest BCUT2D eigenvalue weighted by atomic mass is 16.2. The van der Waals surface area contributed by atoms with Gasteiger partial charge in [0.25, 0.3) is 0 Å². The molecule has 5 nitrogen and oxygen atoms in total. The van der Waals surface area contributed by atoms with E-state index in [4.69, 9.17) is 0 Å². The maximum absolute atomic E-state index is 12.5. The summed E-state index contributed by atoms with van der Waals surface area (Å²) < 4.78 is 2.03. The number of fused-ring (bicyclic) bond motifs is 1. The topological polar surface area (TPSA) is 63.1 Å². The highest BCUT2D eigenvalue weighted by Crippen LogP contribution is 2.28. The van der Waals surface area contributed by atoms with Crippen molar-refractivity contribution >= 4 is 22.7 Å². The summed E-state index contributed by atoms with van der Waals surface area (Å²) in [5.41, 5.74) is 3.12. The molecular weight excluding hydrogens is 338 g/mol. The van der Waals surface area contributed by atoms with E-state index in [0.29, 0.717) is 13.1 Å². The van der Waals surface area contributed by atoms with Crippen molar-refractivity contribution in [3.63, 3.8) is 0 Å². The fraction of sp³-hybridized carbons (Fsp3) is 0.273. The Morgan fingerprint density at radius 2 is 1.59 bits per heavy atom. The molecule has 0 radical (unpaired) electrons. The molecule has 0 fully saturated rings. The summed E-state index contributed by atoms with van der Waals surface area (Å²) >= 11 is 0. The molecule has 1 aromatic heterocycles. The van der Waals surface area contributed by atoms with Gasteiger partial charge in [0.2, 0.25) is 11.8 Å². The fourth-order valence-corrected chi connectivity index (χ4v) is 3.02. The minimum Gasteiger partial charge on any atom is -0.354 e. The van der Waals surface area contributed by atoms with E-state index in [1.54, 1.807) is 0 Å². The van der Waals surface area contributed by atoms with Gasteiger partial charge in [-0.05, 0) is 17.7 Å². The van der Waals surface area contributed by atoms with Gasteiger partial charge in [-0.3, -0.25) is 9.59 Å². The van der Waals surface area contributed by atoms with Gasteiger partial charge < -0.3 is 15.2 Å². The predicted octanol–water partition coefficient (Wildman–Crippen LogP) is 3.20. The van der Waals surface area contributed by atoms with E-state index < -0.39 is 0 Å². The van der Waals surface area contributed by atoms with Crippen LogP contribution in [0.2, 0.25) is 0 Å². The first-order valence-electron chi connectivity index (χ1n) is 9.24. The van der Waals surface area contributed by atoms with Crippen LogP contribution in [0, 0.1) is 5.92 Å². The van der Waals surface area contributed by atoms with Gasteiger partial charge in [0.05, 0.1) is 0 Å². The molecule has 27 heavy (non-hydrogen) atoms. The van der Waals surface area contributed by atoms with Crippen LogP contribution in [-0.2, 0) is 16.1 Å². The Morgan fingerprint density at radius 1 is 0.926 bits per heavy atom. The molecule has 140 valence electrons. The quantitative estimate of drug-likeness (QED) is 0.633. The number of rotatable bonds is 7. The molecule has 0 bridgehead atoms. The van der Waals surface area contributed by atoms with Gasteiger partial charge in [-0.25, -0.2) is 0 Å². The van der Waals surface area contributed by atoms with Gasteiger partial charge in [-0.1, -0.05) is 62.4 Å². The summed E-state index contributed by atoms with van der Waals surface area (Å²) in [7, 11) is 0. The van der Waals surface area contributed by atoms with E-state index in [9.17, 15) is 9.59 Å². The Labute approximate surface area is 159 Å². The van der Waals surface area contributed by atoms with Gasteiger partial charge in [0.15, 0.2) is 0 Å². The van der Waals surface area contributed by atoms with Crippen molar-refractivity contribution in [1.82, 2.24) is 15.2 Å². The van der Waals surface area contributed by atoms with Crippen LogP contribution < -0.4 is 10.6 Å². The molecule has 5 heteroatoms. The number of benzene rings is 2. The molecule has 1 heterocycles. The maximum Gasteiger partial charge on any atom is 0.240 e. The number of amides is 2. The van der Waals surface area contributed by atoms with Crippen LogP contribution in [0.4, 0.5) is 0 Å². The summed E-state index contributed by atoms with van der Waals surface area (Å²) in [6.07, 6.45) is 0. The molecule has 2 aromatic carbocycles. The van der Waals surface area contributed by atoms with Crippen molar-refractivity contribution in [3.05, 3.63) is 60.7 Å². The van der Waals surface area contributed by atoms with E-state index in [1.165, 1.54) is 0 Å². The SMILES string of the molecule is CC(C)C(=O)NCCNC(=O)Cn1c(-c2ccccc2)cc2ccccc21. The van der Waals surface area contributed by atoms with E-state index in [0.717, 1.165) is 22.2 Å². The minimum atomic E-state index is -0.0765. The van der Waals surface area contributed by atoms with Crippen LogP contribution in [0.5, 0.6) is 0 Å². The summed E-state index contributed by atoms with van der Waals surface area (Å²) in [4.78, 5) is 24.0. The lowest BCUT2D eigenvalue weighted by Gasteiger charge is -2.12. The molecule has 0 saturated heterocycles. The Bertz CT molecular complexity index is 929. The number of hydrogen-bond donors (Lipinski definition) is 2. The molecular formula is C22H25N3O2. The Balaban J connectivity index is 1.72. The van der Waals surface area contributed by atoms with E-state index in [-0.39, 0.29) is 24.3 Å². The second-order valence-corrected chi connectivity index (χ2v) is 6.84. The number of para-hydroxylation sites is 1. The monoisotopic (exact) mass is 363 g/mol. The largest absolute Gasteiger partial charge is 0.354 e. The Morgan fingerprint density at radius 3 is 2.33 bits per heavy atom. The second-order valence-electron chi connectivity index (χ2n) is 6.84. The fourth-order valence-electron chi connectivity index (χ4n) is 3.02. The van der Waals surface area contributed by atoms with Crippen molar-refractivity contribution < 1.29 is 9.59 Å². The summed E-state index contributed by atoms with van der Waals surface area (Å²) in [6, 6.07) is 20.2. The van der Waals surface area contributed by atoms with E-state index >= 15 is 0 Å². The summed E-state index contributed by atoms with van der Waals surface area (Å²) in [5, 5.41) is 6.79. The average molecular weight is 363 g/mol. The molecule has 3 rings (SSSR count). The third kappa shape index (κ3) is 4.56. The van der Waals surface area contributed by atoms with Crippen LogP contribution >= 0.6 is 0 Å². The van der Waals surface area contributed by atoms with Crippen LogP contribution in [0.1, 0.15) is 13.8 Å². The number of carbonyl (C=O) groups is 2. The molecule has 2 amide bonds. The lowest BCUT2D eigenvalue weighted by atomic mass is 10.1. The van der Waals surface area contributed by atoms with Crippen LogP contribution in [0.3, 0.4) is 0 Å². The first-order chi connectivity index (χ1) is 13.1. The third-order valence-corrected chi connectivity index (χ3v) is 4.45. The molecule has 0 aliphatic heterocycles. The zero-order valence-corrected chi connectivity index (χ0v) is 15.7. The standard InChI is InChI=1S/C22H25N3O2/c1-16(2)22(27)24-13-12-23-21(26)15-25-19-11-7-6-10-18(19)14-20(25)17-8-4-3-5-9-17/h3-11,14,16H,12-13,15H2,1-2H3,(H,23,26)(H,24,27). The molecule has 0 atom stereocenters. The van der Waals surface area contributed by atoms with Gasteiger partial charge in [0, 0.05) is 35.6 Å². The smallest absolute Gasteiger partial charge is 0.240 e. The van der Waals surface area contributed by atoms with E-state index in [2.05, 4.69) is 22.8 Å². The van der Waals surface area contributed by atoms with Crippen molar-refractivity contribution in [3.8, 4) is 11.3 Å². The molecule has 0 spiro atoms. The first kappa shape index (κ1) is 18.7. The summed E-state index contributed by atoms with van der Waals surface area (Å²) in [6.45, 7) is 4.76. The molecule has 0 saturated carbocycles. The molecule has 0 unspecified atom stereocenters. The van der Waals surface area contributed by atoms with Gasteiger partial charge in [-0.15, -0.1) is 0 Å². The third-order valence-electron chi connectivity index (χ3n) is 4.45. The highest BCUT2D eigenvalue weighted by molar-refractivity contribution is 5.89. The number of hydrogen-bond acceptors (Lipinski definition) is 2. The Hall–Kier alpha value is -3.08. The highest BCUT2D eigenvalue weighted by Gasteiger charge is 2.13. The maximum atomic E-state index is 12.5. The average Bonchev–Trinajstić information content (AvgIpc) is 3.04. The normalized spacial score (nSPS) is 10.9. The molecule has 3 aromatic rings. The van der Waals surface area contributed by atoms with Crippen molar-refractivity contribution in [2.75, 3.05) is 13.1 Å². The number of nitrogens with zero attached hydrogens (tertiary/aromatic N) is 1. The van der Waals surface area contributed by atoms with Gasteiger partial charge >= 0.3 is 0 Å². The second kappa shape index (κ2) is 8.54. The minimum absolute atomic E-state index is 0.00739. The predicted molar refractivity (Wildman–Crippen MR) is 108 cm³/mol.